The summed E-state index contributed by atoms with van der Waals surface area (Å²) in [5.41, 5.74) is 5.53. The summed E-state index contributed by atoms with van der Waals surface area (Å²) in [5.74, 6) is -0.242. The Morgan fingerprint density at radius 2 is 1.85 bits per heavy atom. The van der Waals surface area contributed by atoms with Crippen molar-refractivity contribution in [3.63, 3.8) is 0 Å². The van der Waals surface area contributed by atoms with Gasteiger partial charge in [0.05, 0.1) is 5.69 Å². The molecule has 2 heterocycles. The highest BCUT2D eigenvalue weighted by molar-refractivity contribution is 5.96. The number of carbonyl (C=O) groups excluding carboxylic acids is 1. The molecule has 0 aliphatic heterocycles. The van der Waals surface area contributed by atoms with Crippen LogP contribution >= 0.6 is 0 Å². The van der Waals surface area contributed by atoms with Gasteiger partial charge in [0.1, 0.15) is 5.82 Å². The average Bonchev–Trinajstić information content (AvgIpc) is 2.96. The molecule has 4 heteroatoms. The van der Waals surface area contributed by atoms with E-state index in [1.807, 2.05) is 41.3 Å². The second-order valence-corrected chi connectivity index (χ2v) is 7.37. The molecular weight excluding hydrogens is 339 g/mol. The highest BCUT2D eigenvalue weighted by Crippen LogP contribution is 2.23. The molecule has 0 saturated carbocycles. The lowest BCUT2D eigenvalue weighted by atomic mass is 9.93. The summed E-state index contributed by atoms with van der Waals surface area (Å²) in [6.45, 7) is 4.08. The summed E-state index contributed by atoms with van der Waals surface area (Å²) in [6, 6.07) is 10.7. The van der Waals surface area contributed by atoms with Crippen molar-refractivity contribution in [3.05, 3.63) is 82.7 Å². The summed E-state index contributed by atoms with van der Waals surface area (Å²) in [7, 11) is 0. The maximum Gasteiger partial charge on any atom is 0.229 e. The van der Waals surface area contributed by atoms with E-state index in [-0.39, 0.29) is 11.6 Å². The third kappa shape index (κ3) is 3.32. The quantitative estimate of drug-likeness (QED) is 0.502. The lowest BCUT2D eigenvalue weighted by Crippen LogP contribution is -2.38. The molecule has 0 amide bonds. The topological polar surface area (TPSA) is 25.9 Å². The maximum atomic E-state index is 14.2. The molecule has 3 aromatic rings. The van der Waals surface area contributed by atoms with Crippen LogP contribution in [-0.2, 0) is 19.4 Å². The number of aryl methyl sites for hydroxylation is 3. The first-order valence-electron chi connectivity index (χ1n) is 9.52. The first-order chi connectivity index (χ1) is 13.0. The molecule has 0 bridgehead atoms. The van der Waals surface area contributed by atoms with Crippen LogP contribution in [0.25, 0.3) is 5.69 Å². The molecule has 0 unspecified atom stereocenters. The Labute approximate surface area is 159 Å². The Kier molecular flexibility index (Phi) is 4.65. The molecule has 1 aliphatic carbocycles. The molecule has 1 aliphatic rings. The van der Waals surface area contributed by atoms with Gasteiger partial charge in [0.25, 0.3) is 0 Å². The summed E-state index contributed by atoms with van der Waals surface area (Å²) in [5, 5.41) is 0. The first kappa shape index (κ1) is 17.7. The summed E-state index contributed by atoms with van der Waals surface area (Å²) < 4.78 is 18.0. The molecule has 0 spiro atoms. The van der Waals surface area contributed by atoms with Crippen LogP contribution in [0.4, 0.5) is 4.39 Å². The first-order valence-corrected chi connectivity index (χ1v) is 9.52. The van der Waals surface area contributed by atoms with E-state index in [0.717, 1.165) is 24.2 Å². The standard InChI is InChI=1S/C23H24FN2O/c1-16-13-20(17(2)26(16)22-10-6-5-9-21(22)24)23(27)15-25-12-11-18-7-3-4-8-19(18)14-25/h5-6,9-14H,3-4,7-8,15H2,1-2H3/q+1. The molecule has 0 saturated heterocycles. The van der Waals surface area contributed by atoms with Gasteiger partial charge in [-0.2, -0.15) is 4.57 Å². The smallest absolute Gasteiger partial charge is 0.229 e. The highest BCUT2D eigenvalue weighted by atomic mass is 19.1. The van der Waals surface area contributed by atoms with E-state index in [0.29, 0.717) is 17.8 Å². The Bertz CT molecular complexity index is 1020. The largest absolute Gasteiger partial charge is 0.315 e. The number of benzene rings is 1. The van der Waals surface area contributed by atoms with Gasteiger partial charge in [-0.25, -0.2) is 4.39 Å². The number of carbonyl (C=O) groups is 1. The third-order valence-electron chi connectivity index (χ3n) is 5.49. The van der Waals surface area contributed by atoms with Crippen LogP contribution in [0.3, 0.4) is 0 Å². The lowest BCUT2D eigenvalue weighted by Gasteiger charge is -2.13. The van der Waals surface area contributed by atoms with Gasteiger partial charge >= 0.3 is 0 Å². The van der Waals surface area contributed by atoms with Crippen LogP contribution in [0.15, 0.2) is 48.8 Å². The molecule has 0 fully saturated rings. The molecule has 2 aromatic heterocycles. The van der Waals surface area contributed by atoms with E-state index in [1.165, 1.54) is 30.0 Å². The number of halogens is 1. The van der Waals surface area contributed by atoms with E-state index in [2.05, 4.69) is 12.3 Å². The van der Waals surface area contributed by atoms with E-state index < -0.39 is 0 Å². The number of ketones is 1. The van der Waals surface area contributed by atoms with Crippen LogP contribution in [0, 0.1) is 19.7 Å². The van der Waals surface area contributed by atoms with Crippen molar-refractivity contribution in [2.75, 3.05) is 0 Å². The van der Waals surface area contributed by atoms with Crippen molar-refractivity contribution < 1.29 is 13.8 Å². The predicted octanol–water partition coefficient (Wildman–Crippen LogP) is 4.28. The fourth-order valence-corrected chi connectivity index (χ4v) is 4.12. The van der Waals surface area contributed by atoms with Gasteiger partial charge in [-0.3, -0.25) is 4.79 Å². The molecule has 4 rings (SSSR count). The van der Waals surface area contributed by atoms with Crippen LogP contribution in [0.1, 0.15) is 45.7 Å². The Balaban J connectivity index is 1.63. The van der Waals surface area contributed by atoms with E-state index in [9.17, 15) is 9.18 Å². The zero-order chi connectivity index (χ0) is 19.0. The minimum absolute atomic E-state index is 0.0476. The Hall–Kier alpha value is -2.75. The number of aromatic nitrogens is 2. The van der Waals surface area contributed by atoms with Crippen molar-refractivity contribution >= 4 is 5.78 Å². The number of rotatable bonds is 4. The van der Waals surface area contributed by atoms with Gasteiger partial charge in [-0.1, -0.05) is 12.1 Å². The van der Waals surface area contributed by atoms with E-state index >= 15 is 0 Å². The molecular formula is C23H24FN2O+. The van der Waals surface area contributed by atoms with E-state index in [4.69, 9.17) is 0 Å². The van der Waals surface area contributed by atoms with Crippen LogP contribution < -0.4 is 4.57 Å². The second-order valence-electron chi connectivity index (χ2n) is 7.37. The lowest BCUT2D eigenvalue weighted by molar-refractivity contribution is -0.683. The monoisotopic (exact) mass is 363 g/mol. The highest BCUT2D eigenvalue weighted by Gasteiger charge is 2.22. The van der Waals surface area contributed by atoms with Crippen molar-refractivity contribution in [3.8, 4) is 5.69 Å². The number of para-hydroxylation sites is 1. The number of Topliss-reactive ketones (excluding diaryl/α,β-unsaturated/α-hetero) is 1. The normalized spacial score (nSPS) is 13.4. The van der Waals surface area contributed by atoms with Crippen LogP contribution in [-0.4, -0.2) is 10.4 Å². The number of fused-ring (bicyclic) bond motifs is 1. The Morgan fingerprint density at radius 3 is 2.63 bits per heavy atom. The molecule has 1 aromatic carbocycles. The van der Waals surface area contributed by atoms with Gasteiger partial charge < -0.3 is 4.57 Å². The molecule has 138 valence electrons. The predicted molar refractivity (Wildman–Crippen MR) is 103 cm³/mol. The fraction of sp³-hybridized carbons (Fsp3) is 0.304. The minimum Gasteiger partial charge on any atom is -0.315 e. The van der Waals surface area contributed by atoms with Gasteiger partial charge in [0, 0.05) is 28.6 Å². The fourth-order valence-electron chi connectivity index (χ4n) is 4.12. The molecule has 0 radical (unpaired) electrons. The zero-order valence-corrected chi connectivity index (χ0v) is 15.8. The molecule has 0 N–H and O–H groups in total. The van der Waals surface area contributed by atoms with Crippen molar-refractivity contribution in [2.24, 2.45) is 0 Å². The second kappa shape index (κ2) is 7.10. The average molecular weight is 363 g/mol. The summed E-state index contributed by atoms with van der Waals surface area (Å²) in [4.78, 5) is 13.0. The molecule has 0 atom stereocenters. The SMILES string of the molecule is Cc1cc(C(=O)C[n+]2ccc3c(c2)CCCC3)c(C)n1-c1ccccc1F. The van der Waals surface area contributed by atoms with Crippen LogP contribution in [0.5, 0.6) is 0 Å². The van der Waals surface area contributed by atoms with Gasteiger partial charge in [0.2, 0.25) is 12.3 Å². The summed E-state index contributed by atoms with van der Waals surface area (Å²) >= 11 is 0. The maximum absolute atomic E-state index is 14.2. The van der Waals surface area contributed by atoms with Crippen molar-refractivity contribution in [1.29, 1.82) is 0 Å². The van der Waals surface area contributed by atoms with Crippen molar-refractivity contribution in [2.45, 2.75) is 46.1 Å². The summed E-state index contributed by atoms with van der Waals surface area (Å²) in [6.07, 6.45) is 8.80. The third-order valence-corrected chi connectivity index (χ3v) is 5.49. The number of pyridine rings is 1. The van der Waals surface area contributed by atoms with Gasteiger partial charge in [-0.05, 0) is 63.3 Å². The zero-order valence-electron chi connectivity index (χ0n) is 15.8. The van der Waals surface area contributed by atoms with Gasteiger partial charge in [-0.15, -0.1) is 0 Å². The molecule has 27 heavy (non-hydrogen) atoms. The van der Waals surface area contributed by atoms with Crippen molar-refractivity contribution in [1.82, 2.24) is 4.57 Å². The minimum atomic E-state index is -0.289. The van der Waals surface area contributed by atoms with E-state index in [1.54, 1.807) is 12.1 Å². The number of hydrogen-bond donors (Lipinski definition) is 0. The Morgan fingerprint density at radius 1 is 1.11 bits per heavy atom. The number of nitrogens with zero attached hydrogens (tertiary/aromatic N) is 2. The van der Waals surface area contributed by atoms with Crippen LogP contribution in [0.2, 0.25) is 0 Å². The molecule has 3 nitrogen and oxygen atoms in total. The van der Waals surface area contributed by atoms with Gasteiger partial charge in [0.15, 0.2) is 12.4 Å². The number of hydrogen-bond acceptors (Lipinski definition) is 1.